The summed E-state index contributed by atoms with van der Waals surface area (Å²) >= 11 is 0. The molecular weight excluding hydrogens is 180 g/mol. The van der Waals surface area contributed by atoms with E-state index in [9.17, 15) is 0 Å². The molecule has 1 aliphatic heterocycles. The minimum Gasteiger partial charge on any atom is -0.382 e. The molecule has 0 saturated carbocycles. The van der Waals surface area contributed by atoms with E-state index in [4.69, 9.17) is 14.2 Å². The Morgan fingerprint density at radius 3 is 2.14 bits per heavy atom. The quantitative estimate of drug-likeness (QED) is 0.699. The van der Waals surface area contributed by atoms with Gasteiger partial charge in [0.05, 0.1) is 12.7 Å². The van der Waals surface area contributed by atoms with Crippen molar-refractivity contribution in [2.45, 2.75) is 33.2 Å². The molecule has 5 unspecified atom stereocenters. The van der Waals surface area contributed by atoms with Crippen LogP contribution in [0.4, 0.5) is 0 Å². The van der Waals surface area contributed by atoms with Crippen LogP contribution >= 0.6 is 0 Å². The van der Waals surface area contributed by atoms with E-state index in [0.717, 1.165) is 0 Å². The van der Waals surface area contributed by atoms with E-state index in [1.807, 2.05) is 0 Å². The summed E-state index contributed by atoms with van der Waals surface area (Å²) in [5, 5.41) is 0. The minimum absolute atomic E-state index is 0.0821. The molecule has 1 saturated heterocycles. The highest BCUT2D eigenvalue weighted by Crippen LogP contribution is 2.35. The maximum absolute atomic E-state index is 5.82. The van der Waals surface area contributed by atoms with Gasteiger partial charge in [-0.2, -0.15) is 0 Å². The van der Waals surface area contributed by atoms with E-state index in [0.29, 0.717) is 24.4 Å². The smallest absolute Gasteiger partial charge is 0.160 e. The van der Waals surface area contributed by atoms with Crippen LogP contribution in [0.25, 0.3) is 0 Å². The Kier molecular flexibility index (Phi) is 4.35. The lowest BCUT2D eigenvalue weighted by Gasteiger charge is -2.42. The van der Waals surface area contributed by atoms with Gasteiger partial charge in [0, 0.05) is 20.1 Å². The first kappa shape index (κ1) is 12.0. The van der Waals surface area contributed by atoms with Crippen molar-refractivity contribution in [2.75, 3.05) is 20.8 Å². The van der Waals surface area contributed by atoms with Crippen LogP contribution in [0.2, 0.25) is 0 Å². The van der Waals surface area contributed by atoms with Crippen LogP contribution < -0.4 is 0 Å². The topological polar surface area (TPSA) is 27.7 Å². The summed E-state index contributed by atoms with van der Waals surface area (Å²) < 4.78 is 16.3. The average molecular weight is 202 g/mol. The van der Waals surface area contributed by atoms with E-state index in [2.05, 4.69) is 20.8 Å². The number of rotatable bonds is 3. The fourth-order valence-corrected chi connectivity index (χ4v) is 2.11. The first-order valence-electron chi connectivity index (χ1n) is 5.29. The molecule has 0 N–H and O–H groups in total. The molecule has 84 valence electrons. The van der Waals surface area contributed by atoms with Gasteiger partial charge in [0.15, 0.2) is 6.29 Å². The molecule has 1 fully saturated rings. The van der Waals surface area contributed by atoms with Crippen molar-refractivity contribution >= 4 is 0 Å². The van der Waals surface area contributed by atoms with Gasteiger partial charge in [-0.3, -0.25) is 0 Å². The predicted octanol–water partition coefficient (Wildman–Crippen LogP) is 1.91. The minimum atomic E-state index is -0.0821. The lowest BCUT2D eigenvalue weighted by atomic mass is 9.79. The van der Waals surface area contributed by atoms with Crippen molar-refractivity contribution in [1.29, 1.82) is 0 Å². The molecule has 1 rings (SSSR count). The predicted molar refractivity (Wildman–Crippen MR) is 55.0 cm³/mol. The molecule has 0 aromatic heterocycles. The summed E-state index contributed by atoms with van der Waals surface area (Å²) in [6.07, 6.45) is 0.0810. The van der Waals surface area contributed by atoms with Gasteiger partial charge in [0.1, 0.15) is 0 Å². The molecule has 0 radical (unpaired) electrons. The van der Waals surface area contributed by atoms with Gasteiger partial charge in [-0.15, -0.1) is 0 Å². The van der Waals surface area contributed by atoms with Crippen LogP contribution in [0.3, 0.4) is 0 Å². The van der Waals surface area contributed by atoms with Crippen molar-refractivity contribution in [3.63, 3.8) is 0 Å². The third kappa shape index (κ3) is 2.27. The molecule has 5 atom stereocenters. The third-order valence-electron chi connectivity index (χ3n) is 3.55. The number of methoxy groups -OCH3 is 2. The zero-order chi connectivity index (χ0) is 10.7. The zero-order valence-corrected chi connectivity index (χ0v) is 9.82. The highest BCUT2D eigenvalue weighted by molar-refractivity contribution is 4.82. The van der Waals surface area contributed by atoms with Crippen molar-refractivity contribution < 1.29 is 14.2 Å². The summed E-state index contributed by atoms with van der Waals surface area (Å²) in [6.45, 7) is 7.31. The van der Waals surface area contributed by atoms with E-state index in [1.165, 1.54) is 0 Å². The summed E-state index contributed by atoms with van der Waals surface area (Å²) in [5.74, 6) is 1.58. The van der Waals surface area contributed by atoms with Crippen LogP contribution in [0.15, 0.2) is 0 Å². The van der Waals surface area contributed by atoms with E-state index in [-0.39, 0.29) is 12.4 Å². The molecule has 0 spiro atoms. The van der Waals surface area contributed by atoms with Crippen LogP contribution in [-0.4, -0.2) is 33.2 Å². The second kappa shape index (κ2) is 5.10. The molecule has 3 nitrogen and oxygen atoms in total. The fraction of sp³-hybridized carbons (Fsp3) is 1.00. The third-order valence-corrected chi connectivity index (χ3v) is 3.55. The van der Waals surface area contributed by atoms with E-state index < -0.39 is 0 Å². The van der Waals surface area contributed by atoms with Crippen molar-refractivity contribution in [2.24, 2.45) is 17.8 Å². The molecule has 0 amide bonds. The van der Waals surface area contributed by atoms with Crippen LogP contribution in [-0.2, 0) is 14.2 Å². The molecule has 0 bridgehead atoms. The van der Waals surface area contributed by atoms with Gasteiger partial charge in [-0.25, -0.2) is 0 Å². The second-order valence-corrected chi connectivity index (χ2v) is 4.31. The van der Waals surface area contributed by atoms with E-state index in [1.54, 1.807) is 14.2 Å². The zero-order valence-electron chi connectivity index (χ0n) is 9.82. The van der Waals surface area contributed by atoms with Crippen LogP contribution in [0.1, 0.15) is 20.8 Å². The Hall–Kier alpha value is -0.120. The Bertz CT molecular complexity index is 168. The number of hydrogen-bond donors (Lipinski definition) is 0. The Morgan fingerprint density at radius 2 is 1.64 bits per heavy atom. The normalized spacial score (nSPS) is 43.9. The summed E-state index contributed by atoms with van der Waals surface area (Å²) in [7, 11) is 3.41. The highest BCUT2D eigenvalue weighted by Gasteiger charge is 2.38. The van der Waals surface area contributed by atoms with Gasteiger partial charge in [-0.05, 0) is 11.8 Å². The standard InChI is InChI=1S/C11H22O3/c1-7-8(2)10(6-12-4)14-11(13-5)9(7)3/h7-11H,6H2,1-5H3. The van der Waals surface area contributed by atoms with Gasteiger partial charge in [0.2, 0.25) is 0 Å². The molecule has 1 aliphatic rings. The Morgan fingerprint density at radius 1 is 1.00 bits per heavy atom. The fourth-order valence-electron chi connectivity index (χ4n) is 2.11. The van der Waals surface area contributed by atoms with Crippen molar-refractivity contribution in [3.8, 4) is 0 Å². The highest BCUT2D eigenvalue weighted by atomic mass is 16.7. The van der Waals surface area contributed by atoms with E-state index >= 15 is 0 Å². The van der Waals surface area contributed by atoms with Crippen LogP contribution in [0, 0.1) is 17.8 Å². The maximum Gasteiger partial charge on any atom is 0.160 e. The Labute approximate surface area is 86.7 Å². The monoisotopic (exact) mass is 202 g/mol. The summed E-state index contributed by atoms with van der Waals surface area (Å²) in [5.41, 5.74) is 0. The number of hydrogen-bond acceptors (Lipinski definition) is 3. The van der Waals surface area contributed by atoms with Gasteiger partial charge >= 0.3 is 0 Å². The average Bonchev–Trinajstić information content (AvgIpc) is 2.19. The summed E-state index contributed by atoms with van der Waals surface area (Å²) in [6, 6.07) is 0. The summed E-state index contributed by atoms with van der Waals surface area (Å²) in [4.78, 5) is 0. The maximum atomic E-state index is 5.82. The molecule has 14 heavy (non-hydrogen) atoms. The second-order valence-electron chi connectivity index (χ2n) is 4.31. The van der Waals surface area contributed by atoms with Crippen molar-refractivity contribution in [3.05, 3.63) is 0 Å². The first-order valence-corrected chi connectivity index (χ1v) is 5.29. The van der Waals surface area contributed by atoms with Crippen molar-refractivity contribution in [1.82, 2.24) is 0 Å². The number of ether oxygens (including phenoxy) is 3. The molecule has 3 heteroatoms. The molecule has 0 aromatic carbocycles. The SMILES string of the molecule is COCC1OC(OC)C(C)C(C)C1C. The largest absolute Gasteiger partial charge is 0.382 e. The Balaban J connectivity index is 2.63. The van der Waals surface area contributed by atoms with Gasteiger partial charge in [0.25, 0.3) is 0 Å². The molecule has 1 heterocycles. The molecule has 0 aliphatic carbocycles. The molecular formula is C11H22O3. The van der Waals surface area contributed by atoms with Gasteiger partial charge < -0.3 is 14.2 Å². The lowest BCUT2D eigenvalue weighted by Crippen LogP contribution is -2.47. The lowest BCUT2D eigenvalue weighted by molar-refractivity contribution is -0.245. The van der Waals surface area contributed by atoms with Crippen LogP contribution in [0.5, 0.6) is 0 Å². The molecule has 0 aromatic rings. The first-order chi connectivity index (χ1) is 6.61. The van der Waals surface area contributed by atoms with Gasteiger partial charge in [-0.1, -0.05) is 20.8 Å².